The highest BCUT2D eigenvalue weighted by molar-refractivity contribution is 5.22. The van der Waals surface area contributed by atoms with E-state index in [-0.39, 0.29) is 0 Å². The van der Waals surface area contributed by atoms with Crippen LogP contribution in [0, 0.1) is 11.6 Å². The Morgan fingerprint density at radius 2 is 1.64 bits per heavy atom. The predicted molar refractivity (Wildman–Crippen MR) is 43.9 cm³/mol. The van der Waals surface area contributed by atoms with E-state index in [2.05, 4.69) is 0 Å². The minimum Gasteiger partial charge on any atom is -0.324 e. The second-order valence-electron chi connectivity index (χ2n) is 2.87. The van der Waals surface area contributed by atoms with Crippen molar-refractivity contribution < 1.29 is 17.6 Å². The molecule has 1 nitrogen and oxygen atoms in total. The van der Waals surface area contributed by atoms with Gasteiger partial charge in [0, 0.05) is 18.0 Å². The third-order valence-electron chi connectivity index (χ3n) is 1.80. The highest BCUT2D eigenvalue weighted by atomic mass is 19.3. The van der Waals surface area contributed by atoms with Gasteiger partial charge >= 0.3 is 0 Å². The highest BCUT2D eigenvalue weighted by Crippen LogP contribution is 2.23. The molecule has 0 saturated carbocycles. The van der Waals surface area contributed by atoms with Crippen LogP contribution in [0.25, 0.3) is 0 Å². The Morgan fingerprint density at radius 1 is 1.14 bits per heavy atom. The largest absolute Gasteiger partial charge is 0.324 e. The number of rotatable bonds is 3. The molecular weight excluding hydrogens is 198 g/mol. The Morgan fingerprint density at radius 3 is 2.07 bits per heavy atom. The molecule has 0 aromatic heterocycles. The maximum absolute atomic E-state index is 13.0. The van der Waals surface area contributed by atoms with E-state index in [4.69, 9.17) is 5.73 Å². The third kappa shape index (κ3) is 2.45. The summed E-state index contributed by atoms with van der Waals surface area (Å²) in [6.45, 7) is 0. The summed E-state index contributed by atoms with van der Waals surface area (Å²) in [5.74, 6) is -1.78. The zero-order valence-electron chi connectivity index (χ0n) is 7.18. The van der Waals surface area contributed by atoms with Gasteiger partial charge in [-0.3, -0.25) is 0 Å². The maximum Gasteiger partial charge on any atom is 0.240 e. The second-order valence-corrected chi connectivity index (χ2v) is 2.87. The Kier molecular flexibility index (Phi) is 3.46. The van der Waals surface area contributed by atoms with Crippen molar-refractivity contribution in [3.63, 3.8) is 0 Å². The van der Waals surface area contributed by atoms with Gasteiger partial charge in [-0.15, -0.1) is 0 Å². The molecule has 1 aromatic rings. The molecular formula is C9H9F4N. The Hall–Kier alpha value is -1.10. The fourth-order valence-corrected chi connectivity index (χ4v) is 1.17. The summed E-state index contributed by atoms with van der Waals surface area (Å²) in [5, 5.41) is 0. The summed E-state index contributed by atoms with van der Waals surface area (Å²) in [6.07, 6.45) is -3.43. The van der Waals surface area contributed by atoms with Gasteiger partial charge in [-0.25, -0.2) is 17.6 Å². The van der Waals surface area contributed by atoms with Gasteiger partial charge in [0.1, 0.15) is 11.6 Å². The third-order valence-corrected chi connectivity index (χ3v) is 1.80. The molecule has 0 bridgehead atoms. The molecule has 0 fully saturated rings. The van der Waals surface area contributed by atoms with Crippen molar-refractivity contribution in [2.45, 2.75) is 18.9 Å². The molecule has 0 amide bonds. The number of benzene rings is 1. The Balaban J connectivity index is 2.94. The minimum absolute atomic E-state index is 0.479. The maximum atomic E-state index is 13.0. The molecule has 1 atom stereocenters. The number of hydrogen-bond acceptors (Lipinski definition) is 1. The quantitative estimate of drug-likeness (QED) is 0.757. The molecule has 0 aliphatic carbocycles. The van der Waals surface area contributed by atoms with Crippen LogP contribution in [0.15, 0.2) is 18.2 Å². The van der Waals surface area contributed by atoms with Crippen LogP contribution in [-0.2, 0) is 0 Å². The predicted octanol–water partition coefficient (Wildman–Crippen LogP) is 2.62. The summed E-state index contributed by atoms with van der Waals surface area (Å²) in [5.41, 5.74) is 4.76. The van der Waals surface area contributed by atoms with Crippen molar-refractivity contribution in [2.24, 2.45) is 5.73 Å². The first-order valence-electron chi connectivity index (χ1n) is 4.00. The van der Waals surface area contributed by atoms with Crippen LogP contribution in [0.3, 0.4) is 0 Å². The van der Waals surface area contributed by atoms with E-state index < -0.39 is 36.1 Å². The van der Waals surface area contributed by atoms with E-state index in [1.54, 1.807) is 0 Å². The first-order valence-corrected chi connectivity index (χ1v) is 4.00. The lowest BCUT2D eigenvalue weighted by Crippen LogP contribution is -2.17. The fraction of sp³-hybridized carbons (Fsp3) is 0.333. The molecule has 1 rings (SSSR count). The van der Waals surface area contributed by atoms with Crippen LogP contribution < -0.4 is 5.73 Å². The smallest absolute Gasteiger partial charge is 0.240 e. The number of hydrogen-bond donors (Lipinski definition) is 1. The minimum atomic E-state index is -2.68. The van der Waals surface area contributed by atoms with Gasteiger partial charge in [0.25, 0.3) is 0 Å². The number of halogens is 4. The summed E-state index contributed by atoms with van der Waals surface area (Å²) in [4.78, 5) is 0. The van der Waals surface area contributed by atoms with Crippen LogP contribution in [0.4, 0.5) is 17.6 Å². The van der Waals surface area contributed by atoms with Crippen LogP contribution >= 0.6 is 0 Å². The topological polar surface area (TPSA) is 26.0 Å². The van der Waals surface area contributed by atoms with E-state index in [1.165, 1.54) is 0 Å². The number of nitrogens with two attached hydrogens (primary N) is 1. The lowest BCUT2D eigenvalue weighted by Gasteiger charge is -2.12. The second kappa shape index (κ2) is 4.41. The van der Waals surface area contributed by atoms with Gasteiger partial charge in [-0.2, -0.15) is 0 Å². The molecule has 78 valence electrons. The standard InChI is InChI=1S/C9H9F4N/c10-5-2-1-3-6(11)9(5)7(14)4-8(12)13/h1-3,7-8H,4,14H2/t7-/m1/s1. The molecule has 1 aromatic carbocycles. The van der Waals surface area contributed by atoms with E-state index >= 15 is 0 Å². The van der Waals surface area contributed by atoms with Gasteiger partial charge in [-0.05, 0) is 12.1 Å². The van der Waals surface area contributed by atoms with Crippen LogP contribution in [0.5, 0.6) is 0 Å². The fourth-order valence-electron chi connectivity index (χ4n) is 1.17. The molecule has 14 heavy (non-hydrogen) atoms. The van der Waals surface area contributed by atoms with Crippen molar-refractivity contribution in [3.05, 3.63) is 35.4 Å². The van der Waals surface area contributed by atoms with E-state index in [0.29, 0.717) is 0 Å². The SMILES string of the molecule is N[C@H](CC(F)F)c1c(F)cccc1F. The molecule has 2 N–H and O–H groups in total. The van der Waals surface area contributed by atoms with Gasteiger partial charge in [-0.1, -0.05) is 6.07 Å². The van der Waals surface area contributed by atoms with Crippen LogP contribution in [-0.4, -0.2) is 6.43 Å². The molecule has 0 saturated heterocycles. The van der Waals surface area contributed by atoms with Crippen LogP contribution in [0.2, 0.25) is 0 Å². The van der Waals surface area contributed by atoms with Gasteiger partial charge in [0.05, 0.1) is 0 Å². The molecule has 5 heteroatoms. The Bertz CT molecular complexity index is 293. The molecule has 0 aliphatic rings. The van der Waals surface area contributed by atoms with E-state index in [9.17, 15) is 17.6 Å². The zero-order valence-corrected chi connectivity index (χ0v) is 7.18. The summed E-state index contributed by atoms with van der Waals surface area (Å²) in [7, 11) is 0. The van der Waals surface area contributed by atoms with Crippen LogP contribution in [0.1, 0.15) is 18.0 Å². The summed E-state index contributed by atoms with van der Waals surface area (Å²) >= 11 is 0. The number of alkyl halides is 2. The van der Waals surface area contributed by atoms with Crippen molar-refractivity contribution in [2.75, 3.05) is 0 Å². The van der Waals surface area contributed by atoms with Crippen molar-refractivity contribution in [3.8, 4) is 0 Å². The lowest BCUT2D eigenvalue weighted by atomic mass is 10.0. The van der Waals surface area contributed by atoms with E-state index in [1.807, 2.05) is 0 Å². The molecule has 0 radical (unpaired) electrons. The normalized spacial score (nSPS) is 13.3. The summed E-state index contributed by atoms with van der Waals surface area (Å²) < 4.78 is 49.8. The van der Waals surface area contributed by atoms with Gasteiger partial charge in [0.2, 0.25) is 6.43 Å². The highest BCUT2D eigenvalue weighted by Gasteiger charge is 2.19. The average molecular weight is 207 g/mol. The zero-order chi connectivity index (χ0) is 10.7. The van der Waals surface area contributed by atoms with E-state index in [0.717, 1.165) is 18.2 Å². The average Bonchev–Trinajstić information content (AvgIpc) is 2.01. The monoisotopic (exact) mass is 207 g/mol. The first-order chi connectivity index (χ1) is 6.52. The summed E-state index contributed by atoms with van der Waals surface area (Å²) in [6, 6.07) is 1.83. The Labute approximate surface area is 78.5 Å². The van der Waals surface area contributed by atoms with Gasteiger partial charge < -0.3 is 5.73 Å². The van der Waals surface area contributed by atoms with Gasteiger partial charge in [0.15, 0.2) is 0 Å². The van der Waals surface area contributed by atoms with Crippen molar-refractivity contribution in [1.29, 1.82) is 0 Å². The molecule has 0 aliphatic heterocycles. The molecule has 0 heterocycles. The first kappa shape index (κ1) is 11.0. The van der Waals surface area contributed by atoms with Crippen molar-refractivity contribution >= 4 is 0 Å². The molecule has 0 spiro atoms. The lowest BCUT2D eigenvalue weighted by molar-refractivity contribution is 0.127. The molecule has 0 unspecified atom stereocenters. The van der Waals surface area contributed by atoms with Crippen molar-refractivity contribution in [1.82, 2.24) is 0 Å².